The van der Waals surface area contributed by atoms with Gasteiger partial charge in [0.15, 0.2) is 0 Å². The molecular formula is C32H40N4O3. The lowest BCUT2D eigenvalue weighted by atomic mass is 10.0. The van der Waals surface area contributed by atoms with Crippen LogP contribution in [0, 0.1) is 12.8 Å². The molecule has 1 aromatic carbocycles. The highest BCUT2D eigenvalue weighted by atomic mass is 16.2. The number of amides is 2. The second-order valence-electron chi connectivity index (χ2n) is 10.3. The van der Waals surface area contributed by atoms with E-state index >= 15 is 0 Å². The van der Waals surface area contributed by atoms with Crippen LogP contribution >= 0.6 is 0 Å². The first kappa shape index (κ1) is 29.7. The number of aldehydes is 1. The Morgan fingerprint density at radius 1 is 1.18 bits per heavy atom. The Morgan fingerprint density at radius 2 is 1.90 bits per heavy atom. The zero-order valence-electron chi connectivity index (χ0n) is 23.5. The van der Waals surface area contributed by atoms with Crippen molar-refractivity contribution in [2.45, 2.75) is 52.2 Å². The highest BCUT2D eigenvalue weighted by molar-refractivity contribution is 6.03. The Hall–Kier alpha value is -3.84. The van der Waals surface area contributed by atoms with Crippen LogP contribution in [-0.2, 0) is 20.9 Å². The van der Waals surface area contributed by atoms with Crippen LogP contribution in [0.25, 0.3) is 11.1 Å². The van der Waals surface area contributed by atoms with E-state index in [1.165, 1.54) is 28.3 Å². The Morgan fingerprint density at radius 3 is 2.44 bits per heavy atom. The van der Waals surface area contributed by atoms with Crippen LogP contribution in [0.1, 0.15) is 37.8 Å². The molecule has 0 radical (unpaired) electrons. The van der Waals surface area contributed by atoms with Crippen LogP contribution in [0.3, 0.4) is 0 Å². The predicted molar refractivity (Wildman–Crippen MR) is 156 cm³/mol. The number of benzene rings is 1. The molecule has 2 aliphatic rings. The average Bonchev–Trinajstić information content (AvgIpc) is 3.54. The number of likely N-dealkylation sites (tertiary alicyclic amines) is 1. The average molecular weight is 529 g/mol. The normalized spacial score (nSPS) is 17.7. The lowest BCUT2D eigenvalue weighted by Crippen LogP contribution is -2.53. The second-order valence-corrected chi connectivity index (χ2v) is 10.3. The molecule has 206 valence electrons. The first-order valence-corrected chi connectivity index (χ1v) is 13.5. The number of pyridine rings is 1. The lowest BCUT2D eigenvalue weighted by Gasteiger charge is -2.34. The molecule has 0 saturated carbocycles. The predicted octanol–water partition coefficient (Wildman–Crippen LogP) is 4.49. The van der Waals surface area contributed by atoms with Gasteiger partial charge in [0.1, 0.15) is 12.3 Å². The molecule has 0 spiro atoms. The number of hydrogen-bond donors (Lipinski definition) is 1. The van der Waals surface area contributed by atoms with E-state index in [4.69, 9.17) is 0 Å². The van der Waals surface area contributed by atoms with Gasteiger partial charge in [-0.3, -0.25) is 14.6 Å². The molecule has 2 unspecified atom stereocenters. The molecule has 3 heterocycles. The third-order valence-electron chi connectivity index (χ3n) is 7.25. The summed E-state index contributed by atoms with van der Waals surface area (Å²) in [5.41, 5.74) is 6.32. The Kier molecular flexibility index (Phi) is 10.5. The molecule has 39 heavy (non-hydrogen) atoms. The van der Waals surface area contributed by atoms with Crippen LogP contribution in [0.15, 0.2) is 79.2 Å². The molecule has 2 aliphatic heterocycles. The van der Waals surface area contributed by atoms with Crippen molar-refractivity contribution in [3.05, 3.63) is 90.3 Å². The first-order valence-electron chi connectivity index (χ1n) is 13.5. The zero-order valence-corrected chi connectivity index (χ0v) is 23.5. The van der Waals surface area contributed by atoms with Crippen LogP contribution in [0.4, 0.5) is 0 Å². The maximum absolute atomic E-state index is 13.0. The summed E-state index contributed by atoms with van der Waals surface area (Å²) >= 11 is 0. The number of nitrogens with zero attached hydrogens (tertiary/aromatic N) is 3. The van der Waals surface area contributed by atoms with E-state index in [9.17, 15) is 14.4 Å². The number of carbonyl (C=O) groups excluding carboxylic acids is 3. The van der Waals surface area contributed by atoms with Crippen LogP contribution < -0.4 is 5.32 Å². The summed E-state index contributed by atoms with van der Waals surface area (Å²) in [6.45, 7) is 15.2. The molecule has 7 heteroatoms. The van der Waals surface area contributed by atoms with Gasteiger partial charge in [0, 0.05) is 37.6 Å². The molecule has 7 nitrogen and oxygen atoms in total. The summed E-state index contributed by atoms with van der Waals surface area (Å²) < 4.78 is 0. The maximum atomic E-state index is 13.0. The summed E-state index contributed by atoms with van der Waals surface area (Å²) in [6.07, 6.45) is 9.24. The minimum absolute atomic E-state index is 0.0467. The Bertz CT molecular complexity index is 1230. The van der Waals surface area contributed by atoms with Gasteiger partial charge in [0.2, 0.25) is 5.91 Å². The van der Waals surface area contributed by atoms with Crippen LogP contribution in [0.5, 0.6) is 0 Å². The van der Waals surface area contributed by atoms with E-state index in [2.05, 4.69) is 60.7 Å². The summed E-state index contributed by atoms with van der Waals surface area (Å²) in [5, 5.41) is 3.14. The lowest BCUT2D eigenvalue weighted by molar-refractivity contribution is -0.146. The molecular weight excluding hydrogens is 488 g/mol. The monoisotopic (exact) mass is 528 g/mol. The molecule has 0 bridgehead atoms. The van der Waals surface area contributed by atoms with Gasteiger partial charge in [-0.2, -0.15) is 0 Å². The molecule has 2 atom stereocenters. The third-order valence-corrected chi connectivity index (χ3v) is 7.25. The Labute approximate surface area is 232 Å². The summed E-state index contributed by atoms with van der Waals surface area (Å²) in [4.78, 5) is 44.1. The fourth-order valence-corrected chi connectivity index (χ4v) is 5.21. The quantitative estimate of drug-likeness (QED) is 0.485. The maximum Gasteiger partial charge on any atom is 0.255 e. The van der Waals surface area contributed by atoms with Gasteiger partial charge < -0.3 is 19.9 Å². The topological polar surface area (TPSA) is 82.6 Å². The smallest absolute Gasteiger partial charge is 0.255 e. The molecule has 1 N–H and O–H groups in total. The third kappa shape index (κ3) is 6.79. The van der Waals surface area contributed by atoms with Gasteiger partial charge >= 0.3 is 0 Å². The number of nitrogens with one attached hydrogen (secondary N) is 1. The number of aryl methyl sites for hydroxylation is 1. The second kappa shape index (κ2) is 13.8. The van der Waals surface area contributed by atoms with Crippen LogP contribution in [0.2, 0.25) is 0 Å². The van der Waals surface area contributed by atoms with Gasteiger partial charge in [0.05, 0.1) is 6.04 Å². The number of hydrogen-bond acceptors (Lipinski definition) is 5. The molecule has 1 saturated heterocycles. The summed E-state index contributed by atoms with van der Waals surface area (Å²) in [7, 11) is 1.96. The number of aromatic nitrogens is 1. The molecule has 1 fully saturated rings. The molecule has 0 aliphatic carbocycles. The fourth-order valence-electron chi connectivity index (χ4n) is 5.21. The van der Waals surface area contributed by atoms with E-state index in [0.717, 1.165) is 24.8 Å². The molecule has 2 aromatic rings. The van der Waals surface area contributed by atoms with Gasteiger partial charge in [-0.25, -0.2) is 0 Å². The van der Waals surface area contributed by atoms with Crippen molar-refractivity contribution in [3.63, 3.8) is 0 Å². The van der Waals surface area contributed by atoms with Gasteiger partial charge in [0.25, 0.3) is 5.91 Å². The summed E-state index contributed by atoms with van der Waals surface area (Å²) in [5.74, 6) is -0.380. The zero-order chi connectivity index (χ0) is 28.5. The van der Waals surface area contributed by atoms with E-state index in [0.29, 0.717) is 25.1 Å². The Balaban J connectivity index is 0.000000230. The van der Waals surface area contributed by atoms with E-state index in [-0.39, 0.29) is 23.8 Å². The van der Waals surface area contributed by atoms with Crippen molar-refractivity contribution in [3.8, 4) is 11.1 Å². The highest BCUT2D eigenvalue weighted by Gasteiger charge is 2.42. The van der Waals surface area contributed by atoms with Crippen molar-refractivity contribution in [2.24, 2.45) is 5.92 Å². The minimum Gasteiger partial charge on any atom is -0.331 e. The van der Waals surface area contributed by atoms with Crippen molar-refractivity contribution in [1.82, 2.24) is 20.1 Å². The SMILES string of the molecule is C=CC1=C(C=C)C(=O)N(C(C(=O)N2CCCC2C=O)C(C)C)C1.CNCc1ccc(-c2ccncc2C)cc1. The molecule has 2 amide bonds. The number of carbonyl (C=O) groups is 3. The van der Waals surface area contributed by atoms with E-state index < -0.39 is 6.04 Å². The standard InChI is InChI=1S/C18H24N2O3.C14H16N2/c1-5-13-10-20(17(22)15(13)6-2)16(12(3)4)18(23)19-9-7-8-14(19)11-21;1-11-9-16-8-7-14(11)13-5-3-12(4-6-13)10-15-2/h5-6,11-12,14,16H,1-2,7-10H2,3-4H3;3-9,15H,10H2,1-2H3. The highest BCUT2D eigenvalue weighted by Crippen LogP contribution is 2.28. The van der Waals surface area contributed by atoms with Gasteiger partial charge in [-0.1, -0.05) is 63.4 Å². The van der Waals surface area contributed by atoms with Crippen LogP contribution in [-0.4, -0.2) is 65.1 Å². The molecule has 1 aromatic heterocycles. The van der Waals surface area contributed by atoms with Crippen molar-refractivity contribution in [2.75, 3.05) is 20.1 Å². The van der Waals surface area contributed by atoms with Gasteiger partial charge in [-0.15, -0.1) is 0 Å². The molecule has 4 rings (SSSR count). The van der Waals surface area contributed by atoms with Crippen molar-refractivity contribution < 1.29 is 14.4 Å². The largest absolute Gasteiger partial charge is 0.331 e. The van der Waals surface area contributed by atoms with Gasteiger partial charge in [-0.05, 0) is 66.6 Å². The minimum atomic E-state index is -0.574. The summed E-state index contributed by atoms with van der Waals surface area (Å²) in [6, 6.07) is 9.76. The number of rotatable bonds is 9. The van der Waals surface area contributed by atoms with Crippen molar-refractivity contribution >= 4 is 18.1 Å². The fraction of sp³-hybridized carbons (Fsp3) is 0.375. The first-order chi connectivity index (χ1) is 18.8. The van der Waals surface area contributed by atoms with Crippen molar-refractivity contribution in [1.29, 1.82) is 0 Å². The van der Waals surface area contributed by atoms with E-state index in [1.807, 2.05) is 33.3 Å². The van der Waals surface area contributed by atoms with E-state index in [1.54, 1.807) is 15.9 Å².